The van der Waals surface area contributed by atoms with E-state index in [-0.39, 0.29) is 5.91 Å². The number of anilines is 1. The van der Waals surface area contributed by atoms with Crippen LogP contribution in [0.15, 0.2) is 45.4 Å². The number of rotatable bonds is 5. The van der Waals surface area contributed by atoms with Gasteiger partial charge in [-0.1, -0.05) is 22.4 Å². The number of hydrogen-bond acceptors (Lipinski definition) is 6. The van der Waals surface area contributed by atoms with Gasteiger partial charge in [-0.05, 0) is 31.9 Å². The first-order valence-electron chi connectivity index (χ1n) is 7.97. The van der Waals surface area contributed by atoms with Crippen LogP contribution in [0.1, 0.15) is 24.3 Å². The van der Waals surface area contributed by atoms with Crippen LogP contribution in [0.2, 0.25) is 0 Å². The van der Waals surface area contributed by atoms with Gasteiger partial charge in [-0.3, -0.25) is 4.79 Å². The summed E-state index contributed by atoms with van der Waals surface area (Å²) < 4.78 is 15.7. The number of amides is 1. The summed E-state index contributed by atoms with van der Waals surface area (Å²) >= 11 is 0. The van der Waals surface area contributed by atoms with E-state index < -0.39 is 5.41 Å². The van der Waals surface area contributed by atoms with Gasteiger partial charge in [-0.25, -0.2) is 0 Å². The van der Waals surface area contributed by atoms with Crippen LogP contribution in [0.3, 0.4) is 0 Å². The minimum Gasteiger partial charge on any atom is -0.497 e. The average Bonchev–Trinajstić information content (AvgIpc) is 3.10. The summed E-state index contributed by atoms with van der Waals surface area (Å²) in [6.45, 7) is 1.77. The van der Waals surface area contributed by atoms with Crippen molar-refractivity contribution in [2.75, 3.05) is 12.4 Å². The Labute approximate surface area is 143 Å². The van der Waals surface area contributed by atoms with Crippen LogP contribution in [-0.2, 0) is 10.2 Å². The van der Waals surface area contributed by atoms with Crippen molar-refractivity contribution in [3.05, 3.63) is 47.9 Å². The number of carbonyl (C=O) groups excluding carboxylic acids is 1. The number of hydrogen-bond donors (Lipinski definition) is 1. The Hall–Kier alpha value is -3.09. The van der Waals surface area contributed by atoms with Crippen LogP contribution < -0.4 is 10.1 Å². The van der Waals surface area contributed by atoms with Crippen molar-refractivity contribution < 1.29 is 18.6 Å². The van der Waals surface area contributed by atoms with E-state index in [4.69, 9.17) is 13.8 Å². The second-order valence-electron chi connectivity index (χ2n) is 6.17. The van der Waals surface area contributed by atoms with E-state index in [1.807, 2.05) is 30.3 Å². The van der Waals surface area contributed by atoms with Crippen LogP contribution in [-0.4, -0.2) is 23.3 Å². The quantitative estimate of drug-likeness (QED) is 0.767. The second-order valence-corrected chi connectivity index (χ2v) is 6.17. The third-order valence-corrected chi connectivity index (χ3v) is 4.41. The van der Waals surface area contributed by atoms with Crippen molar-refractivity contribution in [1.82, 2.24) is 10.3 Å². The smallest absolute Gasteiger partial charge is 0.238 e. The molecule has 0 spiro atoms. The molecule has 1 amide bonds. The molecule has 128 valence electrons. The lowest BCUT2D eigenvalue weighted by Crippen LogP contribution is -2.28. The van der Waals surface area contributed by atoms with Crippen molar-refractivity contribution >= 4 is 11.7 Å². The van der Waals surface area contributed by atoms with Gasteiger partial charge in [0.1, 0.15) is 11.5 Å². The van der Waals surface area contributed by atoms with Crippen molar-refractivity contribution in [1.29, 1.82) is 0 Å². The van der Waals surface area contributed by atoms with Gasteiger partial charge >= 0.3 is 0 Å². The maximum Gasteiger partial charge on any atom is 0.238 e. The second kappa shape index (κ2) is 5.77. The molecular formula is C18H17N3O4. The predicted octanol–water partition coefficient (Wildman–Crippen LogP) is 3.32. The van der Waals surface area contributed by atoms with Crippen LogP contribution in [0.4, 0.5) is 5.82 Å². The van der Waals surface area contributed by atoms with Crippen LogP contribution in [0.5, 0.6) is 5.75 Å². The van der Waals surface area contributed by atoms with Crippen LogP contribution >= 0.6 is 0 Å². The minimum atomic E-state index is -0.659. The molecular weight excluding hydrogens is 322 g/mol. The number of carbonyl (C=O) groups is 1. The first-order chi connectivity index (χ1) is 12.1. The molecule has 25 heavy (non-hydrogen) atoms. The molecule has 7 heteroatoms. The molecule has 1 fully saturated rings. The highest BCUT2D eigenvalue weighted by atomic mass is 16.5. The summed E-state index contributed by atoms with van der Waals surface area (Å²) in [6, 6.07) is 11.0. The number of benzene rings is 1. The lowest BCUT2D eigenvalue weighted by molar-refractivity contribution is -0.118. The first kappa shape index (κ1) is 15.4. The van der Waals surface area contributed by atoms with Gasteiger partial charge in [-0.15, -0.1) is 0 Å². The molecule has 0 radical (unpaired) electrons. The molecule has 0 atom stereocenters. The van der Waals surface area contributed by atoms with E-state index in [9.17, 15) is 4.79 Å². The monoisotopic (exact) mass is 339 g/mol. The zero-order valence-electron chi connectivity index (χ0n) is 13.9. The van der Waals surface area contributed by atoms with E-state index in [1.165, 1.54) is 0 Å². The minimum absolute atomic E-state index is 0.147. The summed E-state index contributed by atoms with van der Waals surface area (Å²) in [5.41, 5.74) is 0.817. The maximum atomic E-state index is 12.7. The topological polar surface area (TPSA) is 90.4 Å². The highest BCUT2D eigenvalue weighted by Gasteiger charge is 2.54. The number of ether oxygens (including phenoxy) is 1. The summed E-state index contributed by atoms with van der Waals surface area (Å²) in [5, 5.41) is 10.7. The number of methoxy groups -OCH3 is 1. The molecule has 7 nitrogen and oxygen atoms in total. The predicted molar refractivity (Wildman–Crippen MR) is 89.3 cm³/mol. The van der Waals surface area contributed by atoms with Gasteiger partial charge in [0.25, 0.3) is 0 Å². The van der Waals surface area contributed by atoms with Crippen LogP contribution in [0.25, 0.3) is 11.3 Å². The van der Waals surface area contributed by atoms with Crippen molar-refractivity contribution in [3.63, 3.8) is 0 Å². The molecule has 0 aliphatic heterocycles. The Kier molecular flexibility index (Phi) is 3.56. The number of aryl methyl sites for hydroxylation is 1. The molecule has 2 heterocycles. The molecule has 0 unspecified atom stereocenters. The van der Waals surface area contributed by atoms with E-state index >= 15 is 0 Å². The lowest BCUT2D eigenvalue weighted by atomic mass is 10.0. The average molecular weight is 339 g/mol. The summed E-state index contributed by atoms with van der Waals surface area (Å²) in [5.74, 6) is 2.24. The zero-order valence-corrected chi connectivity index (χ0v) is 13.9. The molecule has 4 rings (SSSR count). The number of aromatic nitrogens is 2. The fourth-order valence-electron chi connectivity index (χ4n) is 2.80. The lowest BCUT2D eigenvalue weighted by Gasteiger charge is -2.09. The van der Waals surface area contributed by atoms with Gasteiger partial charge in [-0.2, -0.15) is 0 Å². The standard InChI is InChI=1S/C18H17N3O4/c1-11-8-16(21-24-11)19-17(22)18(6-7-18)15-10-14(25-20-15)12-4-3-5-13(9-12)23-2/h3-5,8-10H,6-7H2,1-2H3,(H,19,21,22). The Morgan fingerprint density at radius 3 is 2.72 bits per heavy atom. The van der Waals surface area contributed by atoms with Crippen molar-refractivity contribution in [2.45, 2.75) is 25.2 Å². The third kappa shape index (κ3) is 2.77. The molecule has 1 saturated carbocycles. The molecule has 1 aliphatic carbocycles. The van der Waals surface area contributed by atoms with Gasteiger partial charge in [0.15, 0.2) is 11.6 Å². The molecule has 2 aromatic heterocycles. The number of nitrogens with zero attached hydrogens (tertiary/aromatic N) is 2. The van der Waals surface area contributed by atoms with Gasteiger partial charge in [0.05, 0.1) is 18.2 Å². The Bertz CT molecular complexity index is 924. The Morgan fingerprint density at radius 2 is 2.04 bits per heavy atom. The van der Waals surface area contributed by atoms with Crippen molar-refractivity contribution in [2.24, 2.45) is 0 Å². The molecule has 3 aromatic rings. The Morgan fingerprint density at radius 1 is 1.20 bits per heavy atom. The molecule has 1 aromatic carbocycles. The highest BCUT2D eigenvalue weighted by Crippen LogP contribution is 2.49. The summed E-state index contributed by atoms with van der Waals surface area (Å²) in [7, 11) is 1.61. The normalized spacial score (nSPS) is 15.0. The van der Waals surface area contributed by atoms with Gasteiger partial charge in [0.2, 0.25) is 5.91 Å². The highest BCUT2D eigenvalue weighted by molar-refractivity contribution is 6.00. The third-order valence-electron chi connectivity index (χ3n) is 4.41. The fraction of sp³-hybridized carbons (Fsp3) is 0.278. The maximum absolute atomic E-state index is 12.7. The van der Waals surface area contributed by atoms with E-state index in [2.05, 4.69) is 15.6 Å². The number of nitrogens with one attached hydrogen (secondary N) is 1. The van der Waals surface area contributed by atoms with Gasteiger partial charge < -0.3 is 19.1 Å². The molecule has 0 saturated heterocycles. The van der Waals surface area contributed by atoms with E-state index in [0.29, 0.717) is 23.0 Å². The SMILES string of the molecule is COc1cccc(-c2cc(C3(C(=O)Nc4cc(C)on4)CC3)no2)c1. The summed E-state index contributed by atoms with van der Waals surface area (Å²) in [4.78, 5) is 12.7. The Balaban J connectivity index is 1.57. The fourth-order valence-corrected chi connectivity index (χ4v) is 2.80. The largest absolute Gasteiger partial charge is 0.497 e. The zero-order chi connectivity index (χ0) is 17.4. The van der Waals surface area contributed by atoms with Crippen molar-refractivity contribution in [3.8, 4) is 17.1 Å². The first-order valence-corrected chi connectivity index (χ1v) is 7.97. The van der Waals surface area contributed by atoms with Crippen LogP contribution in [0, 0.1) is 6.92 Å². The molecule has 0 bridgehead atoms. The molecule has 1 N–H and O–H groups in total. The molecule has 1 aliphatic rings. The van der Waals surface area contributed by atoms with E-state index in [0.717, 1.165) is 24.2 Å². The summed E-state index contributed by atoms with van der Waals surface area (Å²) in [6.07, 6.45) is 1.44. The van der Waals surface area contributed by atoms with Gasteiger partial charge in [0, 0.05) is 17.7 Å². The van der Waals surface area contributed by atoms with E-state index in [1.54, 1.807) is 20.1 Å².